The van der Waals surface area contributed by atoms with Crippen molar-refractivity contribution in [3.05, 3.63) is 40.7 Å². The van der Waals surface area contributed by atoms with Gasteiger partial charge >= 0.3 is 0 Å². The van der Waals surface area contributed by atoms with E-state index in [1.165, 1.54) is 5.56 Å². The molecule has 0 amide bonds. The van der Waals surface area contributed by atoms with Gasteiger partial charge in [0.2, 0.25) is 0 Å². The first-order valence-corrected chi connectivity index (χ1v) is 10.5. The molecule has 0 radical (unpaired) electrons. The first-order chi connectivity index (χ1) is 14.1. The maximum atomic E-state index is 5.79. The zero-order valence-electron chi connectivity index (χ0n) is 18.1. The highest BCUT2D eigenvalue weighted by Crippen LogP contribution is 2.37. The minimum absolute atomic E-state index is 0.566. The largest absolute Gasteiger partial charge is 0.497 e. The topological polar surface area (TPSA) is 51.9 Å². The van der Waals surface area contributed by atoms with Crippen molar-refractivity contribution in [2.45, 2.75) is 53.8 Å². The fourth-order valence-electron chi connectivity index (χ4n) is 4.28. The molecule has 1 aliphatic rings. The first kappa shape index (κ1) is 19.7. The van der Waals surface area contributed by atoms with Crippen LogP contribution in [0.3, 0.4) is 0 Å². The van der Waals surface area contributed by atoms with E-state index in [1.807, 2.05) is 10.6 Å². The Hall–Kier alpha value is -2.60. The van der Waals surface area contributed by atoms with Gasteiger partial charge in [-0.25, -0.2) is 4.98 Å². The Kier molecular flexibility index (Phi) is 5.46. The van der Waals surface area contributed by atoms with E-state index in [0.717, 1.165) is 71.2 Å². The lowest BCUT2D eigenvalue weighted by atomic mass is 10.0. The summed E-state index contributed by atoms with van der Waals surface area (Å²) in [6, 6.07) is 6.18. The predicted molar refractivity (Wildman–Crippen MR) is 116 cm³/mol. The number of rotatable bonds is 7. The normalized spacial score (nSPS) is 13.1. The quantitative estimate of drug-likeness (QED) is 0.582. The molecular formula is C23H30N4O2. The average molecular weight is 395 g/mol. The third-order valence-electron chi connectivity index (χ3n) is 5.57. The van der Waals surface area contributed by atoms with E-state index in [9.17, 15) is 0 Å². The summed E-state index contributed by atoms with van der Waals surface area (Å²) in [4.78, 5) is 7.46. The van der Waals surface area contributed by atoms with Crippen molar-refractivity contribution in [3.8, 4) is 16.9 Å². The zero-order chi connectivity index (χ0) is 20.5. The smallest absolute Gasteiger partial charge is 0.165 e. The number of anilines is 1. The molecule has 0 saturated carbocycles. The fourth-order valence-corrected chi connectivity index (χ4v) is 4.28. The summed E-state index contributed by atoms with van der Waals surface area (Å²) < 4.78 is 13.2. The molecule has 0 unspecified atom stereocenters. The van der Waals surface area contributed by atoms with Crippen molar-refractivity contribution in [2.75, 3.05) is 25.1 Å². The van der Waals surface area contributed by atoms with E-state index in [0.29, 0.717) is 13.2 Å². The summed E-state index contributed by atoms with van der Waals surface area (Å²) in [5.41, 5.74) is 7.51. The minimum atomic E-state index is 0.566. The molecule has 154 valence electrons. The summed E-state index contributed by atoms with van der Waals surface area (Å²) in [6.07, 6.45) is 2.17. The van der Waals surface area contributed by atoms with Gasteiger partial charge in [0.15, 0.2) is 5.65 Å². The molecule has 0 saturated heterocycles. The number of methoxy groups -OCH3 is 1. The predicted octanol–water partition coefficient (Wildman–Crippen LogP) is 4.68. The van der Waals surface area contributed by atoms with Crippen LogP contribution in [-0.2, 0) is 18.0 Å². The highest BCUT2D eigenvalue weighted by atomic mass is 16.5. The molecule has 1 aliphatic heterocycles. The zero-order valence-corrected chi connectivity index (χ0v) is 18.1. The number of aryl methyl sites for hydroxylation is 2. The molecule has 0 fully saturated rings. The average Bonchev–Trinajstić information content (AvgIpc) is 3.29. The SMILES string of the molecule is CCCN(CCC)c1c2c(nc3c(-c4ccc(OC)cc4C)c(C)nn13)COC2. The molecule has 4 rings (SSSR count). The van der Waals surface area contributed by atoms with Gasteiger partial charge in [-0.2, -0.15) is 9.61 Å². The van der Waals surface area contributed by atoms with Crippen LogP contribution in [0.2, 0.25) is 0 Å². The van der Waals surface area contributed by atoms with E-state index in [4.69, 9.17) is 19.6 Å². The molecule has 1 aromatic carbocycles. The molecule has 0 N–H and O–H groups in total. The van der Waals surface area contributed by atoms with Gasteiger partial charge in [0.05, 0.1) is 31.7 Å². The van der Waals surface area contributed by atoms with Gasteiger partial charge < -0.3 is 14.4 Å². The third kappa shape index (κ3) is 3.35. The molecule has 0 spiro atoms. The molecular weight excluding hydrogens is 364 g/mol. The van der Waals surface area contributed by atoms with Gasteiger partial charge in [0.1, 0.15) is 11.6 Å². The van der Waals surface area contributed by atoms with Gasteiger partial charge in [0, 0.05) is 24.2 Å². The lowest BCUT2D eigenvalue weighted by molar-refractivity contribution is 0.133. The van der Waals surface area contributed by atoms with Crippen molar-refractivity contribution in [1.29, 1.82) is 0 Å². The minimum Gasteiger partial charge on any atom is -0.497 e. The Bertz CT molecular complexity index is 1040. The van der Waals surface area contributed by atoms with Crippen LogP contribution in [0.15, 0.2) is 18.2 Å². The molecule has 0 bridgehead atoms. The van der Waals surface area contributed by atoms with Crippen LogP contribution in [-0.4, -0.2) is 34.8 Å². The van der Waals surface area contributed by atoms with Gasteiger partial charge in [-0.15, -0.1) is 0 Å². The van der Waals surface area contributed by atoms with Crippen molar-refractivity contribution in [1.82, 2.24) is 14.6 Å². The monoisotopic (exact) mass is 394 g/mol. The number of ether oxygens (including phenoxy) is 2. The second-order valence-electron chi connectivity index (χ2n) is 7.72. The Morgan fingerprint density at radius 1 is 1.14 bits per heavy atom. The van der Waals surface area contributed by atoms with E-state index < -0.39 is 0 Å². The van der Waals surface area contributed by atoms with E-state index >= 15 is 0 Å². The summed E-state index contributed by atoms with van der Waals surface area (Å²) in [5.74, 6) is 2.01. The maximum absolute atomic E-state index is 5.79. The van der Waals surface area contributed by atoms with Crippen LogP contribution in [0.4, 0.5) is 5.82 Å². The Labute approximate surface area is 172 Å². The van der Waals surface area contributed by atoms with Gasteiger partial charge in [-0.3, -0.25) is 0 Å². The fraction of sp³-hybridized carbons (Fsp3) is 0.478. The van der Waals surface area contributed by atoms with Crippen molar-refractivity contribution < 1.29 is 9.47 Å². The lowest BCUT2D eigenvalue weighted by Gasteiger charge is -2.26. The molecule has 6 nitrogen and oxygen atoms in total. The number of hydrogen-bond acceptors (Lipinski definition) is 5. The van der Waals surface area contributed by atoms with Crippen LogP contribution >= 0.6 is 0 Å². The summed E-state index contributed by atoms with van der Waals surface area (Å²) in [7, 11) is 1.70. The number of nitrogens with zero attached hydrogens (tertiary/aromatic N) is 4. The van der Waals surface area contributed by atoms with Crippen molar-refractivity contribution >= 4 is 11.5 Å². The highest BCUT2D eigenvalue weighted by molar-refractivity contribution is 5.83. The van der Waals surface area contributed by atoms with E-state index in [-0.39, 0.29) is 0 Å². The Morgan fingerprint density at radius 3 is 2.55 bits per heavy atom. The first-order valence-electron chi connectivity index (χ1n) is 10.5. The van der Waals surface area contributed by atoms with Crippen LogP contribution in [0, 0.1) is 13.8 Å². The van der Waals surface area contributed by atoms with Crippen LogP contribution < -0.4 is 9.64 Å². The summed E-state index contributed by atoms with van der Waals surface area (Å²) in [6.45, 7) is 11.8. The van der Waals surface area contributed by atoms with Crippen molar-refractivity contribution in [3.63, 3.8) is 0 Å². The molecule has 6 heteroatoms. The van der Waals surface area contributed by atoms with Crippen LogP contribution in [0.25, 0.3) is 16.8 Å². The lowest BCUT2D eigenvalue weighted by Crippen LogP contribution is -2.29. The molecule has 3 heterocycles. The van der Waals surface area contributed by atoms with E-state index in [2.05, 4.69) is 44.7 Å². The van der Waals surface area contributed by atoms with Crippen LogP contribution in [0.1, 0.15) is 49.2 Å². The number of aromatic nitrogens is 3. The van der Waals surface area contributed by atoms with E-state index in [1.54, 1.807) is 7.11 Å². The van der Waals surface area contributed by atoms with Crippen LogP contribution in [0.5, 0.6) is 5.75 Å². The Morgan fingerprint density at radius 2 is 1.90 bits per heavy atom. The molecule has 0 aliphatic carbocycles. The molecule has 29 heavy (non-hydrogen) atoms. The molecule has 2 aromatic heterocycles. The standard InChI is InChI=1S/C23H30N4O2/c1-6-10-26(11-7-2)23-19-13-29-14-20(19)24-22-21(16(4)25-27(22)23)18-9-8-17(28-5)12-15(18)3/h8-9,12H,6-7,10-11,13-14H2,1-5H3. The number of fused-ring (bicyclic) bond motifs is 2. The van der Waals surface area contributed by atoms with Crippen molar-refractivity contribution in [2.24, 2.45) is 0 Å². The number of hydrogen-bond donors (Lipinski definition) is 0. The Balaban J connectivity index is 1.98. The number of benzene rings is 1. The third-order valence-corrected chi connectivity index (χ3v) is 5.57. The molecule has 3 aromatic rings. The maximum Gasteiger partial charge on any atom is 0.165 e. The van der Waals surface area contributed by atoms with Gasteiger partial charge in [0.25, 0.3) is 0 Å². The van der Waals surface area contributed by atoms with Gasteiger partial charge in [-0.1, -0.05) is 19.9 Å². The summed E-state index contributed by atoms with van der Waals surface area (Å²) >= 11 is 0. The summed E-state index contributed by atoms with van der Waals surface area (Å²) in [5, 5.41) is 4.96. The van der Waals surface area contributed by atoms with Gasteiger partial charge in [-0.05, 0) is 49.9 Å². The second kappa shape index (κ2) is 8.03. The second-order valence-corrected chi connectivity index (χ2v) is 7.72. The molecule has 0 atom stereocenters. The highest BCUT2D eigenvalue weighted by Gasteiger charge is 2.27.